The summed E-state index contributed by atoms with van der Waals surface area (Å²) in [6, 6.07) is 8.00. The fourth-order valence-electron chi connectivity index (χ4n) is 1.79. The van der Waals surface area contributed by atoms with E-state index in [0.29, 0.717) is 12.3 Å². The quantitative estimate of drug-likeness (QED) is 0.610. The topological polar surface area (TPSA) is 72.2 Å². The smallest absolute Gasteiger partial charge is 0.147 e. The largest absolute Gasteiger partial charge is 0.271 e. The molecule has 102 valence electrons. The van der Waals surface area contributed by atoms with Gasteiger partial charge >= 0.3 is 0 Å². The molecular weight excluding hydrogens is 248 g/mol. The standard InChI is InChI=1S/C13H22N2O2S/c1-10(2)11-4-6-12(7-5-11)13(15-14)8-9-18(3,16)17/h4-7,10,13,15H,8-9,14H2,1-3H3. The Balaban J connectivity index is 2.76. The Kier molecular flexibility index (Phi) is 5.31. The molecule has 0 aliphatic carbocycles. The monoisotopic (exact) mass is 270 g/mol. The van der Waals surface area contributed by atoms with Gasteiger partial charge in [-0.25, -0.2) is 8.42 Å². The van der Waals surface area contributed by atoms with Crippen LogP contribution in [0.1, 0.15) is 43.4 Å². The number of nitrogens with one attached hydrogen (secondary N) is 1. The Morgan fingerprint density at radius 3 is 2.06 bits per heavy atom. The van der Waals surface area contributed by atoms with Crippen LogP contribution in [0.25, 0.3) is 0 Å². The van der Waals surface area contributed by atoms with Crippen molar-refractivity contribution in [1.82, 2.24) is 5.43 Å². The van der Waals surface area contributed by atoms with Gasteiger partial charge in [0, 0.05) is 12.3 Å². The van der Waals surface area contributed by atoms with E-state index in [0.717, 1.165) is 5.56 Å². The second-order valence-electron chi connectivity index (χ2n) is 4.96. The molecule has 0 heterocycles. The van der Waals surface area contributed by atoms with E-state index in [2.05, 4.69) is 31.4 Å². The van der Waals surface area contributed by atoms with E-state index in [4.69, 9.17) is 5.84 Å². The molecule has 4 nitrogen and oxygen atoms in total. The van der Waals surface area contributed by atoms with Gasteiger partial charge in [-0.05, 0) is 23.5 Å². The summed E-state index contributed by atoms with van der Waals surface area (Å²) in [6.07, 6.45) is 1.72. The summed E-state index contributed by atoms with van der Waals surface area (Å²) in [5.74, 6) is 6.11. The molecule has 0 aliphatic heterocycles. The zero-order chi connectivity index (χ0) is 13.8. The molecule has 3 N–H and O–H groups in total. The zero-order valence-electron chi connectivity index (χ0n) is 11.2. The highest BCUT2D eigenvalue weighted by molar-refractivity contribution is 7.90. The van der Waals surface area contributed by atoms with Gasteiger partial charge in [0.05, 0.1) is 5.75 Å². The average molecular weight is 270 g/mol. The summed E-state index contributed by atoms with van der Waals surface area (Å²) in [5, 5.41) is 0. The summed E-state index contributed by atoms with van der Waals surface area (Å²) in [5.41, 5.74) is 4.96. The number of nitrogens with two attached hydrogens (primary N) is 1. The lowest BCUT2D eigenvalue weighted by Crippen LogP contribution is -2.29. The van der Waals surface area contributed by atoms with Gasteiger partial charge in [0.1, 0.15) is 9.84 Å². The Labute approximate surface area is 109 Å². The van der Waals surface area contributed by atoms with Crippen LogP contribution in [0.2, 0.25) is 0 Å². The molecule has 1 unspecified atom stereocenters. The Bertz CT molecular complexity index is 466. The number of hydrogen-bond acceptors (Lipinski definition) is 4. The predicted octanol–water partition coefficient (Wildman–Crippen LogP) is 1.75. The first-order valence-electron chi connectivity index (χ1n) is 6.07. The van der Waals surface area contributed by atoms with Crippen molar-refractivity contribution in [3.05, 3.63) is 35.4 Å². The number of hydrogen-bond donors (Lipinski definition) is 2. The first kappa shape index (κ1) is 15.1. The second kappa shape index (κ2) is 6.31. The molecule has 0 aliphatic rings. The number of hydrazine groups is 1. The van der Waals surface area contributed by atoms with E-state index < -0.39 is 9.84 Å². The predicted molar refractivity (Wildman–Crippen MR) is 74.9 cm³/mol. The number of rotatable bonds is 6. The van der Waals surface area contributed by atoms with Crippen LogP contribution in [0.3, 0.4) is 0 Å². The Morgan fingerprint density at radius 1 is 1.17 bits per heavy atom. The molecule has 1 atom stereocenters. The first-order valence-corrected chi connectivity index (χ1v) is 8.13. The Hall–Kier alpha value is -0.910. The molecule has 0 saturated carbocycles. The van der Waals surface area contributed by atoms with Crippen LogP contribution in [0, 0.1) is 0 Å². The van der Waals surface area contributed by atoms with Crippen LogP contribution >= 0.6 is 0 Å². The summed E-state index contributed by atoms with van der Waals surface area (Å²) in [4.78, 5) is 0. The number of benzene rings is 1. The van der Waals surface area contributed by atoms with Crippen molar-refractivity contribution in [3.8, 4) is 0 Å². The highest BCUT2D eigenvalue weighted by atomic mass is 32.2. The van der Waals surface area contributed by atoms with E-state index in [9.17, 15) is 8.42 Å². The van der Waals surface area contributed by atoms with E-state index >= 15 is 0 Å². The fourth-order valence-corrected chi connectivity index (χ4v) is 2.46. The maximum Gasteiger partial charge on any atom is 0.147 e. The molecule has 0 aromatic heterocycles. The van der Waals surface area contributed by atoms with Crippen LogP contribution in [0.15, 0.2) is 24.3 Å². The lowest BCUT2D eigenvalue weighted by molar-refractivity contribution is 0.531. The van der Waals surface area contributed by atoms with Gasteiger partial charge in [0.25, 0.3) is 0 Å². The van der Waals surface area contributed by atoms with Crippen molar-refractivity contribution in [2.24, 2.45) is 5.84 Å². The molecule has 0 saturated heterocycles. The van der Waals surface area contributed by atoms with Crippen LogP contribution in [0.4, 0.5) is 0 Å². The minimum absolute atomic E-state index is 0.124. The first-order chi connectivity index (χ1) is 8.33. The van der Waals surface area contributed by atoms with Gasteiger partial charge in [-0.2, -0.15) is 0 Å². The third-order valence-electron chi connectivity index (χ3n) is 2.98. The van der Waals surface area contributed by atoms with Crippen LogP contribution in [-0.4, -0.2) is 20.4 Å². The average Bonchev–Trinajstić information content (AvgIpc) is 2.29. The summed E-state index contributed by atoms with van der Waals surface area (Å²) >= 11 is 0. The summed E-state index contributed by atoms with van der Waals surface area (Å²) < 4.78 is 22.3. The van der Waals surface area contributed by atoms with Gasteiger partial charge in [0.2, 0.25) is 0 Å². The molecule has 1 aromatic carbocycles. The molecule has 0 bridgehead atoms. The van der Waals surface area contributed by atoms with Gasteiger partial charge in [-0.3, -0.25) is 11.3 Å². The van der Waals surface area contributed by atoms with Crippen molar-refractivity contribution in [2.75, 3.05) is 12.0 Å². The second-order valence-corrected chi connectivity index (χ2v) is 7.22. The lowest BCUT2D eigenvalue weighted by atomic mass is 9.98. The molecule has 18 heavy (non-hydrogen) atoms. The maximum absolute atomic E-state index is 11.2. The molecular formula is C13H22N2O2S. The van der Waals surface area contributed by atoms with Crippen LogP contribution in [0.5, 0.6) is 0 Å². The molecule has 0 amide bonds. The molecule has 0 radical (unpaired) electrons. The SMILES string of the molecule is CC(C)c1ccc(C(CCS(C)(=O)=O)NN)cc1. The number of sulfone groups is 1. The van der Waals surface area contributed by atoms with Crippen molar-refractivity contribution >= 4 is 9.84 Å². The Morgan fingerprint density at radius 2 is 1.67 bits per heavy atom. The molecule has 5 heteroatoms. The molecule has 0 fully saturated rings. The minimum Gasteiger partial charge on any atom is -0.271 e. The summed E-state index contributed by atoms with van der Waals surface area (Å²) in [7, 11) is -2.95. The minimum atomic E-state index is -2.95. The van der Waals surface area contributed by atoms with E-state index in [-0.39, 0.29) is 11.8 Å². The third-order valence-corrected chi connectivity index (χ3v) is 3.96. The molecule has 1 aromatic rings. The van der Waals surface area contributed by atoms with Crippen molar-refractivity contribution in [2.45, 2.75) is 32.2 Å². The van der Waals surface area contributed by atoms with E-state index in [1.54, 1.807) is 0 Å². The fraction of sp³-hybridized carbons (Fsp3) is 0.538. The van der Waals surface area contributed by atoms with Gasteiger partial charge in [-0.15, -0.1) is 0 Å². The van der Waals surface area contributed by atoms with Crippen molar-refractivity contribution in [1.29, 1.82) is 0 Å². The van der Waals surface area contributed by atoms with Gasteiger partial charge in [0.15, 0.2) is 0 Å². The lowest BCUT2D eigenvalue weighted by Gasteiger charge is -2.16. The van der Waals surface area contributed by atoms with Crippen LogP contribution in [-0.2, 0) is 9.84 Å². The highest BCUT2D eigenvalue weighted by Crippen LogP contribution is 2.20. The molecule has 0 spiro atoms. The van der Waals surface area contributed by atoms with Gasteiger partial charge in [-0.1, -0.05) is 38.1 Å². The highest BCUT2D eigenvalue weighted by Gasteiger charge is 2.13. The van der Waals surface area contributed by atoms with Crippen molar-refractivity contribution < 1.29 is 8.42 Å². The maximum atomic E-state index is 11.2. The van der Waals surface area contributed by atoms with Gasteiger partial charge < -0.3 is 0 Å². The zero-order valence-corrected chi connectivity index (χ0v) is 12.0. The van der Waals surface area contributed by atoms with E-state index in [1.807, 2.05) is 12.1 Å². The molecule has 1 rings (SSSR count). The van der Waals surface area contributed by atoms with Crippen molar-refractivity contribution in [3.63, 3.8) is 0 Å². The summed E-state index contributed by atoms with van der Waals surface area (Å²) in [6.45, 7) is 4.27. The normalized spacial score (nSPS) is 13.8. The third kappa shape index (κ3) is 4.76. The van der Waals surface area contributed by atoms with Crippen LogP contribution < -0.4 is 11.3 Å². The van der Waals surface area contributed by atoms with E-state index in [1.165, 1.54) is 11.8 Å².